The topological polar surface area (TPSA) is 27.1 Å². The molecule has 5 nitrogen and oxygen atoms in total. The SMILES string of the molecule is CC(C)Cc1cccc([N@+]23[CH-][N+]2(c2[c-]c(Oc4[c-]c5c(cc4)c4ccccc4n5-c4cc(C(C)(C)C)ccn4)ccc2)c2ccccc23)c1.[Pt]. The average molecular weight is 835 g/mol. The van der Waals surface area contributed by atoms with Gasteiger partial charge in [0.2, 0.25) is 11.4 Å². The van der Waals surface area contributed by atoms with Gasteiger partial charge < -0.3 is 9.30 Å². The number of para-hydroxylation sites is 3. The Labute approximate surface area is 308 Å². The van der Waals surface area contributed by atoms with E-state index in [1.165, 1.54) is 28.2 Å². The van der Waals surface area contributed by atoms with Crippen LogP contribution >= 0.6 is 0 Å². The van der Waals surface area contributed by atoms with Crippen LogP contribution in [-0.4, -0.2) is 9.55 Å². The Bertz CT molecular complexity index is 2420. The molecule has 2 atom stereocenters. The second kappa shape index (κ2) is 11.8. The second-order valence-corrected chi connectivity index (χ2v) is 14.8. The molecule has 1 unspecified atom stereocenters. The maximum Gasteiger partial charge on any atom is 0.225 e. The van der Waals surface area contributed by atoms with Crippen LogP contribution in [0, 0.1) is 24.7 Å². The zero-order valence-electron chi connectivity index (χ0n) is 28.9. The number of hydrogen-bond donors (Lipinski definition) is 0. The summed E-state index contributed by atoms with van der Waals surface area (Å²) in [6.45, 7) is 13.6. The predicted molar refractivity (Wildman–Crippen MR) is 200 cm³/mol. The van der Waals surface area contributed by atoms with Crippen LogP contribution in [0.1, 0.15) is 45.7 Å². The van der Waals surface area contributed by atoms with Crippen molar-refractivity contribution in [2.75, 3.05) is 0 Å². The van der Waals surface area contributed by atoms with Gasteiger partial charge in [0.05, 0.1) is 5.69 Å². The van der Waals surface area contributed by atoms with Gasteiger partial charge in [0.15, 0.2) is 12.4 Å². The molecule has 50 heavy (non-hydrogen) atoms. The number of ether oxygens (including phenoxy) is 1. The molecule has 1 saturated heterocycles. The van der Waals surface area contributed by atoms with Crippen molar-refractivity contribution in [3.8, 4) is 17.3 Å². The van der Waals surface area contributed by atoms with E-state index in [-0.39, 0.29) is 26.5 Å². The standard InChI is InChI=1S/C44H39N4O.Pt/c1-30(2)24-31-12-10-13-33(25-31)47-29-48(47,42-19-9-8-18-41(42)47)34-14-11-15-35(27-34)49-36-20-21-38-37-16-6-7-17-39(37)46(40(38)28-36)43-26-32(22-23-45-43)44(3,4)5;/h6-23,25-26,29-30H,24H2,1-5H3;/q-1;/t47-,48?;/m0./s1. The van der Waals surface area contributed by atoms with E-state index in [1.807, 2.05) is 18.3 Å². The van der Waals surface area contributed by atoms with Crippen LogP contribution in [0.2, 0.25) is 0 Å². The van der Waals surface area contributed by atoms with Gasteiger partial charge in [-0.2, -0.15) is 16.7 Å². The van der Waals surface area contributed by atoms with Gasteiger partial charge in [-0.25, -0.2) is 9.58 Å². The maximum absolute atomic E-state index is 6.59. The zero-order valence-corrected chi connectivity index (χ0v) is 31.2. The molecule has 0 N–H and O–H groups in total. The Balaban J connectivity index is 0.00000361. The summed E-state index contributed by atoms with van der Waals surface area (Å²) < 4.78 is 10.0. The molecule has 0 saturated carbocycles. The number of pyridine rings is 1. The number of hydrogen-bond acceptors (Lipinski definition) is 2. The minimum atomic E-state index is 0. The van der Waals surface area contributed by atoms with Gasteiger partial charge in [-0.05, 0) is 52.5 Å². The van der Waals surface area contributed by atoms with Gasteiger partial charge in [0.1, 0.15) is 5.82 Å². The summed E-state index contributed by atoms with van der Waals surface area (Å²) in [5.74, 6) is 2.77. The normalized spacial score (nSPS) is 19.1. The fraction of sp³-hybridized carbons (Fsp3) is 0.182. The molecule has 2 aromatic heterocycles. The first kappa shape index (κ1) is 32.7. The number of benzene rings is 5. The van der Waals surface area contributed by atoms with E-state index in [0.29, 0.717) is 26.6 Å². The molecule has 252 valence electrons. The van der Waals surface area contributed by atoms with Gasteiger partial charge in [0.25, 0.3) is 0 Å². The molecule has 5 aromatic carbocycles. The van der Waals surface area contributed by atoms with Gasteiger partial charge in [-0.1, -0.05) is 88.7 Å². The summed E-state index contributed by atoms with van der Waals surface area (Å²) in [4.78, 5) is 4.83. The average Bonchev–Trinajstić information content (AvgIpc) is 3.59. The molecule has 2 aliphatic heterocycles. The Hall–Kier alpha value is -4.54. The third-order valence-electron chi connectivity index (χ3n) is 10.1. The molecule has 0 bridgehead atoms. The first-order valence-electron chi connectivity index (χ1n) is 17.2. The van der Waals surface area contributed by atoms with Gasteiger partial charge >= 0.3 is 0 Å². The van der Waals surface area contributed by atoms with Gasteiger partial charge in [-0.3, -0.25) is 0 Å². The van der Waals surface area contributed by atoms with Crippen molar-refractivity contribution in [1.29, 1.82) is 0 Å². The van der Waals surface area contributed by atoms with Crippen LogP contribution in [0.4, 0.5) is 22.7 Å². The summed E-state index contributed by atoms with van der Waals surface area (Å²) >= 11 is 0. The van der Waals surface area contributed by atoms with E-state index < -0.39 is 0 Å². The quantitative estimate of drug-likeness (QED) is 0.0909. The molecular formula is C44H39N4OPt-. The third-order valence-corrected chi connectivity index (χ3v) is 10.1. The fourth-order valence-corrected chi connectivity index (χ4v) is 7.79. The van der Waals surface area contributed by atoms with Crippen LogP contribution in [0.5, 0.6) is 11.5 Å². The van der Waals surface area contributed by atoms with Gasteiger partial charge in [0, 0.05) is 68.5 Å². The molecular weight excluding hydrogens is 796 g/mol. The minimum absolute atomic E-state index is 0. The Morgan fingerprint density at radius 2 is 1.50 bits per heavy atom. The van der Waals surface area contributed by atoms with Crippen LogP contribution < -0.4 is 13.9 Å². The van der Waals surface area contributed by atoms with Crippen molar-refractivity contribution < 1.29 is 25.8 Å². The van der Waals surface area contributed by atoms with Crippen molar-refractivity contribution in [1.82, 2.24) is 18.7 Å². The molecule has 6 heteroatoms. The summed E-state index contributed by atoms with van der Waals surface area (Å²) in [6, 6.07) is 48.2. The largest absolute Gasteiger partial charge is 0.509 e. The van der Waals surface area contributed by atoms with Crippen molar-refractivity contribution in [2.45, 2.75) is 46.5 Å². The van der Waals surface area contributed by atoms with Gasteiger partial charge in [-0.15, -0.1) is 29.7 Å². The first-order valence-corrected chi connectivity index (χ1v) is 17.2. The molecule has 7 aromatic rings. The molecule has 9 rings (SSSR count). The van der Waals surface area contributed by atoms with Crippen LogP contribution in [0.3, 0.4) is 0 Å². The molecule has 4 heterocycles. The predicted octanol–water partition coefficient (Wildman–Crippen LogP) is 11.4. The van der Waals surface area contributed by atoms with Crippen molar-refractivity contribution >= 4 is 44.6 Å². The molecule has 1 fully saturated rings. The minimum Gasteiger partial charge on any atom is -0.509 e. The van der Waals surface area contributed by atoms with Crippen molar-refractivity contribution in [3.63, 3.8) is 0 Å². The Morgan fingerprint density at radius 3 is 2.30 bits per heavy atom. The molecule has 0 amide bonds. The molecule has 2 aliphatic rings. The monoisotopic (exact) mass is 834 g/mol. The Morgan fingerprint density at radius 1 is 0.760 bits per heavy atom. The molecule has 0 aliphatic carbocycles. The first-order chi connectivity index (χ1) is 23.7. The summed E-state index contributed by atoms with van der Waals surface area (Å²) in [5, 5.41) is 2.27. The molecule has 0 spiro atoms. The summed E-state index contributed by atoms with van der Waals surface area (Å²) in [7, 11) is 0. The van der Waals surface area contributed by atoms with Crippen LogP contribution in [0.25, 0.3) is 27.6 Å². The maximum atomic E-state index is 6.59. The number of aromatic nitrogens is 2. The van der Waals surface area contributed by atoms with Crippen LogP contribution in [0.15, 0.2) is 121 Å². The van der Waals surface area contributed by atoms with E-state index in [4.69, 9.17) is 9.72 Å². The number of quaternary nitrogens is 2. The van der Waals surface area contributed by atoms with E-state index in [2.05, 4.69) is 161 Å². The van der Waals surface area contributed by atoms with E-state index >= 15 is 0 Å². The van der Waals surface area contributed by atoms with E-state index in [0.717, 1.165) is 39.7 Å². The smallest absolute Gasteiger partial charge is 0.225 e. The van der Waals surface area contributed by atoms with Crippen molar-refractivity contribution in [2.24, 2.45) is 5.92 Å². The number of rotatable bonds is 7. The van der Waals surface area contributed by atoms with Crippen molar-refractivity contribution in [3.05, 3.63) is 151 Å². The number of nitrogens with zero attached hydrogens (tertiary/aromatic N) is 4. The zero-order chi connectivity index (χ0) is 33.5. The Kier molecular flexibility index (Phi) is 7.69. The van der Waals surface area contributed by atoms with E-state index in [9.17, 15) is 0 Å². The third kappa shape index (κ3) is 4.82. The summed E-state index contributed by atoms with van der Waals surface area (Å²) in [6.07, 6.45) is 2.96. The summed E-state index contributed by atoms with van der Waals surface area (Å²) in [5.41, 5.74) is 9.52. The molecule has 0 radical (unpaired) electrons. The second-order valence-electron chi connectivity index (χ2n) is 14.8. The number of fused-ring (bicyclic) bond motifs is 7. The van der Waals surface area contributed by atoms with Crippen LogP contribution in [-0.2, 0) is 32.9 Å². The fourth-order valence-electron chi connectivity index (χ4n) is 7.79. The van der Waals surface area contributed by atoms with E-state index in [1.54, 1.807) is 0 Å².